The van der Waals surface area contributed by atoms with Crippen molar-refractivity contribution in [2.45, 2.75) is 30.8 Å². The summed E-state index contributed by atoms with van der Waals surface area (Å²) in [7, 11) is -2.13. The van der Waals surface area contributed by atoms with Crippen LogP contribution in [-0.4, -0.2) is 69.6 Å². The third-order valence-corrected chi connectivity index (χ3v) is 4.57. The fourth-order valence-corrected chi connectivity index (χ4v) is 3.01. The zero-order valence-electron chi connectivity index (χ0n) is 13.8. The Balaban J connectivity index is 1.84. The monoisotopic (exact) mass is 396 g/mol. The van der Waals surface area contributed by atoms with E-state index < -0.39 is 34.5 Å². The molecule has 0 amide bonds. The molecule has 8 nitrogen and oxygen atoms in total. The molecule has 1 fully saturated rings. The van der Waals surface area contributed by atoms with E-state index in [0.29, 0.717) is 16.5 Å². The third-order valence-electron chi connectivity index (χ3n) is 3.71. The van der Waals surface area contributed by atoms with Gasteiger partial charge in [-0.2, -0.15) is 8.42 Å². The molecule has 0 bridgehead atoms. The Morgan fingerprint density at radius 1 is 1.24 bits per heavy atom. The maximum atomic E-state index is 11.0. The lowest BCUT2D eigenvalue weighted by Gasteiger charge is -2.15. The maximum Gasteiger partial charge on any atom is 0.264 e. The smallest absolute Gasteiger partial charge is 0.264 e. The van der Waals surface area contributed by atoms with Crippen LogP contribution in [0, 0.1) is 0 Å². The van der Waals surface area contributed by atoms with Gasteiger partial charge in [-0.3, -0.25) is 4.18 Å². The largest absolute Gasteiger partial charge is 0.497 e. The van der Waals surface area contributed by atoms with Crippen LogP contribution in [-0.2, 0) is 19.0 Å². The van der Waals surface area contributed by atoms with Crippen molar-refractivity contribution in [3.8, 4) is 11.5 Å². The summed E-state index contributed by atoms with van der Waals surface area (Å²) >= 11 is 6.06. The number of ether oxygens (including phenoxy) is 3. The molecule has 142 valence electrons. The van der Waals surface area contributed by atoms with Gasteiger partial charge >= 0.3 is 0 Å². The van der Waals surface area contributed by atoms with Gasteiger partial charge in [0.05, 0.1) is 37.7 Å². The zero-order chi connectivity index (χ0) is 18.6. The molecule has 1 aliphatic heterocycles. The molecule has 25 heavy (non-hydrogen) atoms. The van der Waals surface area contributed by atoms with Crippen molar-refractivity contribution in [3.05, 3.63) is 23.2 Å². The molecule has 1 aromatic carbocycles. The fraction of sp³-hybridized carbons (Fsp3) is 0.600. The van der Waals surface area contributed by atoms with Crippen LogP contribution in [0.3, 0.4) is 0 Å². The van der Waals surface area contributed by atoms with E-state index in [2.05, 4.69) is 4.18 Å². The normalized spacial score (nSPS) is 26.6. The molecular weight excluding hydrogens is 376 g/mol. The Kier molecular flexibility index (Phi) is 6.89. The lowest BCUT2D eigenvalue weighted by Crippen LogP contribution is -2.35. The molecule has 10 heteroatoms. The van der Waals surface area contributed by atoms with Gasteiger partial charge in [0.2, 0.25) is 0 Å². The van der Waals surface area contributed by atoms with E-state index in [1.807, 2.05) is 0 Å². The second-order valence-corrected chi connectivity index (χ2v) is 7.67. The van der Waals surface area contributed by atoms with E-state index in [1.54, 1.807) is 18.2 Å². The Morgan fingerprint density at radius 2 is 1.92 bits per heavy atom. The first-order valence-electron chi connectivity index (χ1n) is 7.53. The molecule has 1 aromatic rings. The summed E-state index contributed by atoms with van der Waals surface area (Å²) in [5.74, 6) is 1.05. The predicted molar refractivity (Wildman–Crippen MR) is 89.6 cm³/mol. The Labute approximate surface area is 151 Å². The second-order valence-electron chi connectivity index (χ2n) is 5.62. The standard InChI is InChI=1S/C15H21ClO8S/c1-21-9-3-4-11(10(16)7-9)22-6-5-12-14(17)15(18)13(24-12)8-23-25(2,19)20/h3-4,7,12-15,17-18H,5-6,8H2,1-2H3/t12-,13-,14+,15-/m1/s1. The van der Waals surface area contributed by atoms with Crippen LogP contribution in [0.2, 0.25) is 5.02 Å². The average Bonchev–Trinajstić information content (AvgIpc) is 2.81. The topological polar surface area (TPSA) is 112 Å². The minimum Gasteiger partial charge on any atom is -0.497 e. The van der Waals surface area contributed by atoms with E-state index >= 15 is 0 Å². The van der Waals surface area contributed by atoms with E-state index in [0.717, 1.165) is 6.26 Å². The fourth-order valence-electron chi connectivity index (χ4n) is 2.40. The molecule has 1 heterocycles. The van der Waals surface area contributed by atoms with Crippen LogP contribution in [0.25, 0.3) is 0 Å². The van der Waals surface area contributed by atoms with Gasteiger partial charge in [-0.15, -0.1) is 0 Å². The first-order valence-corrected chi connectivity index (χ1v) is 9.73. The van der Waals surface area contributed by atoms with Gasteiger partial charge in [-0.05, 0) is 12.1 Å². The van der Waals surface area contributed by atoms with Gasteiger partial charge < -0.3 is 24.4 Å². The van der Waals surface area contributed by atoms with Gasteiger partial charge in [0.15, 0.2) is 0 Å². The van der Waals surface area contributed by atoms with Gasteiger partial charge in [0.1, 0.15) is 29.8 Å². The van der Waals surface area contributed by atoms with Crippen molar-refractivity contribution in [1.82, 2.24) is 0 Å². The molecule has 0 spiro atoms. The van der Waals surface area contributed by atoms with Gasteiger partial charge in [0.25, 0.3) is 10.1 Å². The Hall–Kier alpha value is -1.10. The van der Waals surface area contributed by atoms with E-state index in [9.17, 15) is 18.6 Å². The summed E-state index contributed by atoms with van der Waals surface area (Å²) in [5, 5.41) is 20.3. The number of methoxy groups -OCH3 is 1. The summed E-state index contributed by atoms with van der Waals surface area (Å²) in [4.78, 5) is 0. The minimum atomic E-state index is -3.66. The van der Waals surface area contributed by atoms with Crippen LogP contribution in [0.15, 0.2) is 18.2 Å². The number of rotatable bonds is 8. The zero-order valence-corrected chi connectivity index (χ0v) is 15.4. The first-order chi connectivity index (χ1) is 11.7. The lowest BCUT2D eigenvalue weighted by atomic mass is 10.1. The Bertz CT molecular complexity index is 680. The SMILES string of the molecule is COc1ccc(OCC[C@H]2O[C@H](COS(C)(=O)=O)[C@@H](O)[C@H]2O)c(Cl)c1. The minimum absolute atomic E-state index is 0.181. The van der Waals surface area contributed by atoms with Crippen molar-refractivity contribution in [1.29, 1.82) is 0 Å². The highest BCUT2D eigenvalue weighted by Crippen LogP contribution is 2.29. The molecule has 0 unspecified atom stereocenters. The number of hydrogen-bond donors (Lipinski definition) is 2. The highest BCUT2D eigenvalue weighted by atomic mass is 35.5. The number of aliphatic hydroxyl groups is 2. The predicted octanol–water partition coefficient (Wildman–Crippen LogP) is 0.583. The van der Waals surface area contributed by atoms with Crippen LogP contribution in [0.1, 0.15) is 6.42 Å². The van der Waals surface area contributed by atoms with Crippen LogP contribution in [0.4, 0.5) is 0 Å². The molecule has 4 atom stereocenters. The summed E-state index contributed by atoms with van der Waals surface area (Å²) < 4.78 is 42.7. The molecule has 0 radical (unpaired) electrons. The van der Waals surface area contributed by atoms with E-state index in [4.69, 9.17) is 25.8 Å². The highest BCUT2D eigenvalue weighted by Gasteiger charge is 2.42. The molecule has 1 saturated heterocycles. The molecular formula is C15H21ClO8S. The molecule has 0 aromatic heterocycles. The van der Waals surface area contributed by atoms with Crippen molar-refractivity contribution < 1.29 is 37.0 Å². The van der Waals surface area contributed by atoms with Gasteiger partial charge in [0, 0.05) is 12.5 Å². The second kappa shape index (κ2) is 8.52. The molecule has 2 rings (SSSR count). The summed E-state index contributed by atoms with van der Waals surface area (Å²) in [6.45, 7) is -0.182. The quantitative estimate of drug-likeness (QED) is 0.614. The number of aliphatic hydroxyl groups excluding tert-OH is 2. The summed E-state index contributed by atoms with van der Waals surface area (Å²) in [5.41, 5.74) is 0. The van der Waals surface area contributed by atoms with Crippen molar-refractivity contribution in [3.63, 3.8) is 0 Å². The van der Waals surface area contributed by atoms with Crippen LogP contribution in [0.5, 0.6) is 11.5 Å². The molecule has 0 aliphatic carbocycles. The molecule has 2 N–H and O–H groups in total. The molecule has 0 saturated carbocycles. The van der Waals surface area contributed by atoms with Gasteiger partial charge in [-0.25, -0.2) is 0 Å². The Morgan fingerprint density at radius 3 is 2.52 bits per heavy atom. The number of hydrogen-bond acceptors (Lipinski definition) is 8. The average molecular weight is 397 g/mol. The van der Waals surface area contributed by atoms with Crippen molar-refractivity contribution in [2.75, 3.05) is 26.6 Å². The van der Waals surface area contributed by atoms with Gasteiger partial charge in [-0.1, -0.05) is 11.6 Å². The van der Waals surface area contributed by atoms with Crippen molar-refractivity contribution >= 4 is 21.7 Å². The summed E-state index contributed by atoms with van der Waals surface area (Å²) in [6.07, 6.45) is -2.87. The first kappa shape index (κ1) is 20.2. The highest BCUT2D eigenvalue weighted by molar-refractivity contribution is 7.85. The van der Waals surface area contributed by atoms with Crippen LogP contribution >= 0.6 is 11.6 Å². The summed E-state index contributed by atoms with van der Waals surface area (Å²) in [6, 6.07) is 4.97. The lowest BCUT2D eigenvalue weighted by molar-refractivity contribution is -0.0206. The number of halogens is 1. The molecule has 1 aliphatic rings. The van der Waals surface area contributed by atoms with Crippen LogP contribution < -0.4 is 9.47 Å². The van der Waals surface area contributed by atoms with Crippen molar-refractivity contribution in [2.24, 2.45) is 0 Å². The van der Waals surface area contributed by atoms with E-state index in [-0.39, 0.29) is 19.6 Å². The van der Waals surface area contributed by atoms with E-state index in [1.165, 1.54) is 7.11 Å². The number of benzene rings is 1. The maximum absolute atomic E-state index is 11.0. The third kappa shape index (κ3) is 5.70.